The molecule has 0 aliphatic rings. The summed E-state index contributed by atoms with van der Waals surface area (Å²) in [6.07, 6.45) is 3.31. The fraction of sp³-hybridized carbons (Fsp3) is 0.182. The Kier molecular flexibility index (Phi) is 3.22. The van der Waals surface area contributed by atoms with Crippen molar-refractivity contribution in [1.29, 1.82) is 0 Å². The van der Waals surface area contributed by atoms with Crippen LogP contribution in [0.4, 0.5) is 15.8 Å². The van der Waals surface area contributed by atoms with Gasteiger partial charge in [-0.25, -0.2) is 9.37 Å². The Balaban J connectivity index is 2.11. The number of non-ortho nitro benzene ring substituents is 1. The number of hydrogen-bond acceptors (Lipinski definition) is 4. The van der Waals surface area contributed by atoms with Crippen LogP contribution in [0, 0.1) is 15.9 Å². The van der Waals surface area contributed by atoms with Crippen LogP contribution >= 0.6 is 0 Å². The molecule has 0 spiro atoms. The number of nitrogens with one attached hydrogen (secondary N) is 1. The summed E-state index contributed by atoms with van der Waals surface area (Å²) in [5.74, 6) is -0.647. The van der Waals surface area contributed by atoms with Crippen molar-refractivity contribution in [1.82, 2.24) is 9.55 Å². The fourth-order valence-electron chi connectivity index (χ4n) is 1.50. The molecule has 7 heteroatoms. The van der Waals surface area contributed by atoms with Gasteiger partial charge in [-0.1, -0.05) is 0 Å². The zero-order valence-electron chi connectivity index (χ0n) is 9.63. The third-order valence-electron chi connectivity index (χ3n) is 2.54. The normalized spacial score (nSPS) is 10.3. The first-order valence-corrected chi connectivity index (χ1v) is 5.21. The molecule has 0 saturated carbocycles. The molecular formula is C11H11FN4O2. The highest BCUT2D eigenvalue weighted by atomic mass is 19.1. The number of aryl methyl sites for hydroxylation is 1. The predicted octanol–water partition coefficient (Wildman–Crippen LogP) is 2.08. The highest BCUT2D eigenvalue weighted by molar-refractivity contribution is 5.50. The Morgan fingerprint density at radius 3 is 2.89 bits per heavy atom. The molecule has 0 amide bonds. The van der Waals surface area contributed by atoms with Crippen LogP contribution in [0.15, 0.2) is 30.7 Å². The standard InChI is InChI=1S/C11H11FN4O2/c1-15-7-13-5-9(15)6-14-11-3-2-8(16(17)18)4-10(11)12/h2-5,7,14H,6H2,1H3. The third-order valence-corrected chi connectivity index (χ3v) is 2.54. The molecule has 0 aliphatic carbocycles. The van der Waals surface area contributed by atoms with Crippen LogP contribution < -0.4 is 5.32 Å². The molecule has 1 N–H and O–H groups in total. The highest BCUT2D eigenvalue weighted by Gasteiger charge is 2.10. The number of benzene rings is 1. The summed E-state index contributed by atoms with van der Waals surface area (Å²) >= 11 is 0. The molecule has 0 aliphatic heterocycles. The molecule has 0 bridgehead atoms. The van der Waals surface area contributed by atoms with Gasteiger partial charge in [0.1, 0.15) is 0 Å². The van der Waals surface area contributed by atoms with Crippen LogP contribution in [0.5, 0.6) is 0 Å². The first kappa shape index (κ1) is 12.0. The van der Waals surface area contributed by atoms with Gasteiger partial charge in [0, 0.05) is 19.3 Å². The smallest absolute Gasteiger partial charge is 0.272 e. The van der Waals surface area contributed by atoms with Gasteiger partial charge in [-0.15, -0.1) is 0 Å². The second-order valence-electron chi connectivity index (χ2n) is 3.77. The molecule has 1 aromatic heterocycles. The Morgan fingerprint density at radius 2 is 2.33 bits per heavy atom. The van der Waals surface area contributed by atoms with E-state index in [9.17, 15) is 14.5 Å². The molecule has 2 rings (SSSR count). The second-order valence-corrected chi connectivity index (χ2v) is 3.77. The van der Waals surface area contributed by atoms with E-state index in [0.717, 1.165) is 11.8 Å². The van der Waals surface area contributed by atoms with Crippen LogP contribution in [0.2, 0.25) is 0 Å². The molecule has 0 atom stereocenters. The molecule has 94 valence electrons. The van der Waals surface area contributed by atoms with E-state index in [0.29, 0.717) is 6.54 Å². The molecule has 1 aromatic carbocycles. The van der Waals surface area contributed by atoms with Crippen molar-refractivity contribution in [3.05, 3.63) is 52.3 Å². The molecule has 1 heterocycles. The van der Waals surface area contributed by atoms with Crippen LogP contribution in [-0.4, -0.2) is 14.5 Å². The predicted molar refractivity (Wildman–Crippen MR) is 63.6 cm³/mol. The Labute approximate surface area is 102 Å². The van der Waals surface area contributed by atoms with Crippen LogP contribution in [0.3, 0.4) is 0 Å². The number of aromatic nitrogens is 2. The van der Waals surface area contributed by atoms with Crippen molar-refractivity contribution in [2.45, 2.75) is 6.54 Å². The van der Waals surface area contributed by atoms with Crippen LogP contribution in [0.25, 0.3) is 0 Å². The van der Waals surface area contributed by atoms with Gasteiger partial charge in [0.15, 0.2) is 5.82 Å². The Hall–Kier alpha value is -2.44. The molecule has 0 radical (unpaired) electrons. The van der Waals surface area contributed by atoms with Crippen molar-refractivity contribution in [2.24, 2.45) is 7.05 Å². The maximum Gasteiger partial charge on any atom is 0.272 e. The molecule has 2 aromatic rings. The molecule has 0 fully saturated rings. The van der Waals surface area contributed by atoms with E-state index in [1.54, 1.807) is 17.1 Å². The van der Waals surface area contributed by atoms with Crippen molar-refractivity contribution < 1.29 is 9.31 Å². The summed E-state index contributed by atoms with van der Waals surface area (Å²) < 4.78 is 15.4. The zero-order valence-corrected chi connectivity index (χ0v) is 9.63. The summed E-state index contributed by atoms with van der Waals surface area (Å²) in [7, 11) is 1.83. The van der Waals surface area contributed by atoms with Crippen LogP contribution in [0.1, 0.15) is 5.69 Å². The lowest BCUT2D eigenvalue weighted by Crippen LogP contribution is -2.05. The van der Waals surface area contributed by atoms with E-state index in [4.69, 9.17) is 0 Å². The number of nitro groups is 1. The summed E-state index contributed by atoms with van der Waals surface area (Å²) in [5, 5.41) is 13.3. The fourth-order valence-corrected chi connectivity index (χ4v) is 1.50. The monoisotopic (exact) mass is 250 g/mol. The third kappa shape index (κ3) is 2.45. The number of halogens is 1. The number of imidazole rings is 1. The van der Waals surface area contributed by atoms with Crippen molar-refractivity contribution in [3.8, 4) is 0 Å². The van der Waals surface area contributed by atoms with E-state index < -0.39 is 10.7 Å². The van der Waals surface area contributed by atoms with Gasteiger partial charge in [-0.05, 0) is 6.07 Å². The quantitative estimate of drug-likeness (QED) is 0.666. The second kappa shape index (κ2) is 4.82. The SMILES string of the molecule is Cn1cncc1CNc1ccc([N+](=O)[O-])cc1F. The van der Waals surface area contributed by atoms with Crippen molar-refractivity contribution in [3.63, 3.8) is 0 Å². The van der Waals surface area contributed by atoms with Gasteiger partial charge in [0.2, 0.25) is 0 Å². The average Bonchev–Trinajstić information content (AvgIpc) is 2.73. The lowest BCUT2D eigenvalue weighted by atomic mass is 10.2. The average molecular weight is 250 g/mol. The van der Waals surface area contributed by atoms with Gasteiger partial charge in [-0.3, -0.25) is 10.1 Å². The Morgan fingerprint density at radius 1 is 1.56 bits per heavy atom. The first-order chi connectivity index (χ1) is 8.58. The lowest BCUT2D eigenvalue weighted by molar-refractivity contribution is -0.385. The highest BCUT2D eigenvalue weighted by Crippen LogP contribution is 2.20. The van der Waals surface area contributed by atoms with E-state index in [1.807, 2.05) is 7.05 Å². The molecule has 18 heavy (non-hydrogen) atoms. The number of nitrogens with zero attached hydrogens (tertiary/aromatic N) is 3. The first-order valence-electron chi connectivity index (χ1n) is 5.21. The van der Waals surface area contributed by atoms with E-state index in [2.05, 4.69) is 10.3 Å². The summed E-state index contributed by atoms with van der Waals surface area (Å²) in [6.45, 7) is 0.394. The number of rotatable bonds is 4. The van der Waals surface area contributed by atoms with Gasteiger partial charge in [0.05, 0.1) is 35.2 Å². The molecular weight excluding hydrogens is 239 g/mol. The van der Waals surface area contributed by atoms with Crippen molar-refractivity contribution in [2.75, 3.05) is 5.32 Å². The van der Waals surface area contributed by atoms with E-state index in [-0.39, 0.29) is 11.4 Å². The zero-order chi connectivity index (χ0) is 13.1. The maximum absolute atomic E-state index is 13.6. The summed E-state index contributed by atoms with van der Waals surface area (Å²) in [4.78, 5) is 13.8. The van der Waals surface area contributed by atoms with Gasteiger partial charge < -0.3 is 9.88 Å². The topological polar surface area (TPSA) is 73.0 Å². The number of nitro benzene ring substituents is 1. The number of anilines is 1. The lowest BCUT2D eigenvalue weighted by Gasteiger charge is -2.07. The minimum Gasteiger partial charge on any atom is -0.377 e. The van der Waals surface area contributed by atoms with Gasteiger partial charge in [0.25, 0.3) is 5.69 Å². The van der Waals surface area contributed by atoms with Crippen molar-refractivity contribution >= 4 is 11.4 Å². The van der Waals surface area contributed by atoms with Gasteiger partial charge in [-0.2, -0.15) is 0 Å². The van der Waals surface area contributed by atoms with E-state index in [1.165, 1.54) is 12.1 Å². The Bertz CT molecular complexity index is 582. The largest absolute Gasteiger partial charge is 0.377 e. The molecule has 0 saturated heterocycles. The molecule has 6 nitrogen and oxygen atoms in total. The summed E-state index contributed by atoms with van der Waals surface area (Å²) in [5.41, 5.74) is 0.841. The van der Waals surface area contributed by atoms with E-state index >= 15 is 0 Å². The van der Waals surface area contributed by atoms with Crippen LogP contribution in [-0.2, 0) is 13.6 Å². The maximum atomic E-state index is 13.6. The minimum atomic E-state index is -0.647. The minimum absolute atomic E-state index is 0.224. The summed E-state index contributed by atoms with van der Waals surface area (Å²) in [6, 6.07) is 3.50. The molecule has 0 unspecified atom stereocenters. The van der Waals surface area contributed by atoms with Gasteiger partial charge >= 0.3 is 0 Å². The number of hydrogen-bond donors (Lipinski definition) is 1.